The van der Waals surface area contributed by atoms with E-state index in [1.165, 1.54) is 0 Å². The molecule has 1 fully saturated rings. The van der Waals surface area contributed by atoms with Crippen LogP contribution < -0.4 is 0 Å². The predicted molar refractivity (Wildman–Crippen MR) is 54.6 cm³/mol. The topological polar surface area (TPSA) is 60.0 Å². The quantitative estimate of drug-likeness (QED) is 0.758. The number of nitrogens with one attached hydrogen (secondary N) is 1. The lowest BCUT2D eigenvalue weighted by molar-refractivity contribution is -0.0934. The first-order chi connectivity index (χ1) is 7.07. The summed E-state index contributed by atoms with van der Waals surface area (Å²) in [6.45, 7) is 8.08. The van der Waals surface area contributed by atoms with Crippen LogP contribution in [0.25, 0.3) is 0 Å². The van der Waals surface area contributed by atoms with Gasteiger partial charge in [0.25, 0.3) is 0 Å². The first kappa shape index (κ1) is 10.6. The van der Waals surface area contributed by atoms with E-state index in [0.29, 0.717) is 19.8 Å². The number of aromatic amines is 1. The highest BCUT2D eigenvalue weighted by molar-refractivity contribution is 5.04. The van der Waals surface area contributed by atoms with E-state index in [2.05, 4.69) is 36.0 Å². The van der Waals surface area contributed by atoms with E-state index in [0.717, 1.165) is 11.6 Å². The first-order valence-electron chi connectivity index (χ1n) is 5.19. The van der Waals surface area contributed by atoms with Crippen molar-refractivity contribution < 1.29 is 9.47 Å². The number of ether oxygens (including phenoxy) is 2. The lowest BCUT2D eigenvalue weighted by Crippen LogP contribution is -2.23. The summed E-state index contributed by atoms with van der Waals surface area (Å²) in [5.74, 6) is 1.58. The molecule has 0 bridgehead atoms. The average molecular weight is 211 g/mol. The fourth-order valence-corrected chi connectivity index (χ4v) is 1.40. The molecule has 0 aliphatic carbocycles. The van der Waals surface area contributed by atoms with E-state index in [-0.39, 0.29) is 11.5 Å². The third kappa shape index (κ3) is 2.35. The molecule has 5 heteroatoms. The van der Waals surface area contributed by atoms with Gasteiger partial charge in [-0.25, -0.2) is 4.98 Å². The molecule has 0 amide bonds. The van der Waals surface area contributed by atoms with Gasteiger partial charge in [0.05, 0.1) is 19.8 Å². The van der Waals surface area contributed by atoms with Crippen LogP contribution >= 0.6 is 0 Å². The van der Waals surface area contributed by atoms with Crippen LogP contribution in [0.5, 0.6) is 0 Å². The van der Waals surface area contributed by atoms with Crippen molar-refractivity contribution in [2.24, 2.45) is 0 Å². The third-order valence-electron chi connectivity index (χ3n) is 2.29. The largest absolute Gasteiger partial charge is 0.376 e. The van der Waals surface area contributed by atoms with E-state index in [1.807, 2.05) is 0 Å². The van der Waals surface area contributed by atoms with Gasteiger partial charge < -0.3 is 9.47 Å². The van der Waals surface area contributed by atoms with Crippen molar-refractivity contribution in [1.29, 1.82) is 0 Å². The van der Waals surface area contributed by atoms with Crippen molar-refractivity contribution in [3.05, 3.63) is 11.6 Å². The second kappa shape index (κ2) is 3.90. The molecule has 2 rings (SSSR count). The summed E-state index contributed by atoms with van der Waals surface area (Å²) in [5, 5.41) is 7.11. The molecule has 2 heterocycles. The molecule has 1 aliphatic rings. The van der Waals surface area contributed by atoms with E-state index in [9.17, 15) is 0 Å². The van der Waals surface area contributed by atoms with Gasteiger partial charge in [0.15, 0.2) is 11.6 Å². The van der Waals surface area contributed by atoms with Gasteiger partial charge in [-0.2, -0.15) is 5.10 Å². The molecule has 5 nitrogen and oxygen atoms in total. The lowest BCUT2D eigenvalue weighted by atomic mass is 9.96. The monoisotopic (exact) mass is 211 g/mol. The minimum absolute atomic E-state index is 0.0374. The van der Waals surface area contributed by atoms with Crippen LogP contribution in [0, 0.1) is 0 Å². The maximum absolute atomic E-state index is 5.53. The molecule has 0 aromatic carbocycles. The number of nitrogens with zero attached hydrogens (tertiary/aromatic N) is 2. The lowest BCUT2D eigenvalue weighted by Gasteiger charge is -2.20. The van der Waals surface area contributed by atoms with Crippen LogP contribution in [0.1, 0.15) is 38.5 Å². The molecule has 1 aliphatic heterocycles. The van der Waals surface area contributed by atoms with E-state index in [4.69, 9.17) is 9.47 Å². The zero-order chi connectivity index (χ0) is 10.9. The summed E-state index contributed by atoms with van der Waals surface area (Å²) in [5.41, 5.74) is -0.0374. The van der Waals surface area contributed by atoms with Crippen molar-refractivity contribution in [2.45, 2.75) is 32.3 Å². The Kier molecular flexibility index (Phi) is 2.75. The normalized spacial score (nSPS) is 23.0. The highest BCUT2D eigenvalue weighted by Gasteiger charge is 2.24. The van der Waals surface area contributed by atoms with Gasteiger partial charge in [0.2, 0.25) is 0 Å². The van der Waals surface area contributed by atoms with Gasteiger partial charge in [0.1, 0.15) is 6.10 Å². The zero-order valence-corrected chi connectivity index (χ0v) is 9.41. The summed E-state index contributed by atoms with van der Waals surface area (Å²) in [7, 11) is 0. The number of hydrogen-bond acceptors (Lipinski definition) is 4. The second-order valence-corrected chi connectivity index (χ2v) is 4.73. The van der Waals surface area contributed by atoms with E-state index >= 15 is 0 Å². The van der Waals surface area contributed by atoms with Crippen LogP contribution in [0.3, 0.4) is 0 Å². The van der Waals surface area contributed by atoms with Gasteiger partial charge in [-0.15, -0.1) is 0 Å². The van der Waals surface area contributed by atoms with Crippen LogP contribution in [0.15, 0.2) is 0 Å². The Morgan fingerprint density at radius 2 is 2.13 bits per heavy atom. The molecule has 0 radical (unpaired) electrons. The van der Waals surface area contributed by atoms with Crippen molar-refractivity contribution in [3.63, 3.8) is 0 Å². The predicted octanol–water partition coefficient (Wildman–Crippen LogP) is 1.19. The molecule has 1 aromatic rings. The smallest absolute Gasteiger partial charge is 0.156 e. The van der Waals surface area contributed by atoms with Crippen molar-refractivity contribution in [3.8, 4) is 0 Å². The van der Waals surface area contributed by atoms with Gasteiger partial charge in [-0.1, -0.05) is 20.8 Å². The number of aromatic nitrogens is 3. The zero-order valence-electron chi connectivity index (χ0n) is 9.41. The summed E-state index contributed by atoms with van der Waals surface area (Å²) < 4.78 is 10.8. The SMILES string of the molecule is CC(C)(C)c1n[nH]c(C2COCCO2)n1. The molecule has 0 saturated carbocycles. The van der Waals surface area contributed by atoms with Gasteiger partial charge in [0, 0.05) is 5.41 Å². The summed E-state index contributed by atoms with van der Waals surface area (Å²) in [6.07, 6.45) is -0.0950. The maximum Gasteiger partial charge on any atom is 0.156 e. The first-order valence-corrected chi connectivity index (χ1v) is 5.19. The van der Waals surface area contributed by atoms with Crippen molar-refractivity contribution in [1.82, 2.24) is 15.2 Å². The van der Waals surface area contributed by atoms with Crippen LogP contribution in [-0.4, -0.2) is 35.0 Å². The molecule has 84 valence electrons. The van der Waals surface area contributed by atoms with Crippen LogP contribution in [0.4, 0.5) is 0 Å². The molecular weight excluding hydrogens is 194 g/mol. The molecule has 1 atom stereocenters. The standard InChI is InChI=1S/C10H17N3O2/c1-10(2,3)9-11-8(12-13-9)7-6-14-4-5-15-7/h7H,4-6H2,1-3H3,(H,11,12,13). The third-order valence-corrected chi connectivity index (χ3v) is 2.29. The molecule has 1 aromatic heterocycles. The number of rotatable bonds is 1. The minimum atomic E-state index is -0.0950. The summed E-state index contributed by atoms with van der Waals surface area (Å²) in [6, 6.07) is 0. The summed E-state index contributed by atoms with van der Waals surface area (Å²) >= 11 is 0. The molecule has 0 spiro atoms. The molecule has 15 heavy (non-hydrogen) atoms. The maximum atomic E-state index is 5.53. The van der Waals surface area contributed by atoms with Crippen molar-refractivity contribution >= 4 is 0 Å². The Hall–Kier alpha value is -0.940. The summed E-state index contributed by atoms with van der Waals surface area (Å²) in [4.78, 5) is 4.43. The Morgan fingerprint density at radius 1 is 1.33 bits per heavy atom. The number of hydrogen-bond donors (Lipinski definition) is 1. The van der Waals surface area contributed by atoms with E-state index < -0.39 is 0 Å². The Labute approximate surface area is 89.2 Å². The number of H-pyrrole nitrogens is 1. The Bertz CT molecular complexity index is 324. The van der Waals surface area contributed by atoms with Crippen LogP contribution in [0.2, 0.25) is 0 Å². The Morgan fingerprint density at radius 3 is 2.67 bits per heavy atom. The average Bonchev–Trinajstić information content (AvgIpc) is 2.67. The molecular formula is C10H17N3O2. The molecule has 1 N–H and O–H groups in total. The van der Waals surface area contributed by atoms with Gasteiger partial charge in [-0.05, 0) is 0 Å². The van der Waals surface area contributed by atoms with Crippen molar-refractivity contribution in [2.75, 3.05) is 19.8 Å². The highest BCUT2D eigenvalue weighted by Crippen LogP contribution is 2.21. The molecule has 1 saturated heterocycles. The van der Waals surface area contributed by atoms with Gasteiger partial charge >= 0.3 is 0 Å². The fourth-order valence-electron chi connectivity index (χ4n) is 1.40. The van der Waals surface area contributed by atoms with Gasteiger partial charge in [-0.3, -0.25) is 5.10 Å². The second-order valence-electron chi connectivity index (χ2n) is 4.73. The highest BCUT2D eigenvalue weighted by atomic mass is 16.6. The van der Waals surface area contributed by atoms with Crippen LogP contribution in [-0.2, 0) is 14.9 Å². The van der Waals surface area contributed by atoms with E-state index in [1.54, 1.807) is 0 Å². The Balaban J connectivity index is 2.12. The minimum Gasteiger partial charge on any atom is -0.376 e. The fraction of sp³-hybridized carbons (Fsp3) is 0.800. The molecule has 1 unspecified atom stereocenters.